The average molecular weight is 328 g/mol. The van der Waals surface area contributed by atoms with E-state index >= 15 is 0 Å². The second kappa shape index (κ2) is 6.22. The van der Waals surface area contributed by atoms with Crippen molar-refractivity contribution in [2.75, 3.05) is 7.05 Å². The van der Waals surface area contributed by atoms with Crippen molar-refractivity contribution in [3.8, 4) is 5.75 Å². The minimum absolute atomic E-state index is 0.192. The highest BCUT2D eigenvalue weighted by Crippen LogP contribution is 2.38. The number of ether oxygens (including phenoxy) is 1. The third-order valence-electron chi connectivity index (χ3n) is 3.22. The van der Waals surface area contributed by atoms with Crippen LogP contribution in [0.3, 0.4) is 0 Å². The first-order chi connectivity index (χ1) is 10.2. The maximum absolute atomic E-state index is 6.20. The van der Waals surface area contributed by atoms with Crippen LogP contribution in [-0.4, -0.2) is 17.2 Å². The maximum Gasteiger partial charge on any atom is 0.264 e. The molecule has 0 atom stereocenters. The largest absolute Gasteiger partial charge is 0.482 e. The number of hydrogen-bond donors (Lipinski definition) is 1. The molecule has 3 rings (SSSR count). The average Bonchev–Trinajstić information content (AvgIpc) is 3.18. The monoisotopic (exact) mass is 327 g/mol. The van der Waals surface area contributed by atoms with Crippen molar-refractivity contribution in [1.82, 2.24) is 15.5 Å². The quantitative estimate of drug-likeness (QED) is 0.879. The molecule has 0 saturated heterocycles. The summed E-state index contributed by atoms with van der Waals surface area (Å²) in [6.45, 7) is 0.796. The fraction of sp³-hybridized carbons (Fsp3) is 0.429. The molecule has 0 bridgehead atoms. The molecule has 5 nitrogen and oxygen atoms in total. The number of hydrogen-bond acceptors (Lipinski definition) is 5. The third kappa shape index (κ3) is 3.48. The summed E-state index contributed by atoms with van der Waals surface area (Å²) in [6.07, 6.45) is 2.27. The van der Waals surface area contributed by atoms with E-state index in [1.807, 2.05) is 13.1 Å². The van der Waals surface area contributed by atoms with Gasteiger partial charge in [0.05, 0.1) is 5.02 Å². The van der Waals surface area contributed by atoms with Crippen molar-refractivity contribution in [1.29, 1.82) is 0 Å². The minimum atomic E-state index is 0.192. The molecule has 0 aliphatic heterocycles. The van der Waals surface area contributed by atoms with Crippen LogP contribution in [0.15, 0.2) is 16.7 Å². The number of nitrogens with zero attached hydrogens (tertiary/aromatic N) is 2. The molecule has 1 saturated carbocycles. The minimum Gasteiger partial charge on any atom is -0.482 e. The van der Waals surface area contributed by atoms with Gasteiger partial charge in [0.15, 0.2) is 12.4 Å². The lowest BCUT2D eigenvalue weighted by Gasteiger charge is -2.12. The highest BCUT2D eigenvalue weighted by atomic mass is 35.5. The molecule has 0 spiro atoms. The van der Waals surface area contributed by atoms with E-state index < -0.39 is 0 Å². The first kappa shape index (κ1) is 14.6. The number of rotatable bonds is 6. The fourth-order valence-electron chi connectivity index (χ4n) is 2.06. The highest BCUT2D eigenvalue weighted by Gasteiger charge is 2.28. The number of aromatic nitrogens is 2. The molecule has 0 amide bonds. The molecular formula is C14H15Cl2N3O2. The van der Waals surface area contributed by atoms with Crippen molar-refractivity contribution in [3.05, 3.63) is 39.5 Å². The van der Waals surface area contributed by atoms with E-state index in [2.05, 4.69) is 15.5 Å². The highest BCUT2D eigenvalue weighted by molar-refractivity contribution is 6.35. The van der Waals surface area contributed by atoms with E-state index in [-0.39, 0.29) is 6.61 Å². The Labute approximate surface area is 132 Å². The molecule has 112 valence electrons. The van der Waals surface area contributed by atoms with Gasteiger partial charge in [-0.25, -0.2) is 0 Å². The molecule has 0 unspecified atom stereocenters. The van der Waals surface area contributed by atoms with Crippen LogP contribution in [0.2, 0.25) is 10.0 Å². The van der Waals surface area contributed by atoms with Crippen LogP contribution in [-0.2, 0) is 13.2 Å². The summed E-state index contributed by atoms with van der Waals surface area (Å²) in [7, 11) is 1.85. The summed E-state index contributed by atoms with van der Waals surface area (Å²) in [5.74, 6) is 2.27. The van der Waals surface area contributed by atoms with Crippen molar-refractivity contribution in [2.24, 2.45) is 0 Å². The van der Waals surface area contributed by atoms with Crippen LogP contribution in [0.1, 0.15) is 36.0 Å². The van der Waals surface area contributed by atoms with Gasteiger partial charge in [0.2, 0.25) is 0 Å². The lowest BCUT2D eigenvalue weighted by molar-refractivity contribution is 0.240. The molecule has 7 heteroatoms. The Morgan fingerprint density at radius 1 is 1.38 bits per heavy atom. The summed E-state index contributed by atoms with van der Waals surface area (Å²) < 4.78 is 10.9. The SMILES string of the molecule is CNCc1cc(Cl)cc(Cl)c1OCc1nc(C2CC2)no1. The zero-order valence-corrected chi connectivity index (χ0v) is 13.0. The van der Waals surface area contributed by atoms with Crippen molar-refractivity contribution >= 4 is 23.2 Å². The Morgan fingerprint density at radius 2 is 2.19 bits per heavy atom. The van der Waals surface area contributed by atoms with Gasteiger partial charge in [-0.3, -0.25) is 0 Å². The van der Waals surface area contributed by atoms with Gasteiger partial charge >= 0.3 is 0 Å². The van der Waals surface area contributed by atoms with E-state index in [0.717, 1.165) is 24.2 Å². The molecule has 2 aromatic rings. The summed E-state index contributed by atoms with van der Waals surface area (Å²) in [4.78, 5) is 4.32. The Bertz CT molecular complexity index is 641. The normalized spacial score (nSPS) is 14.4. The summed E-state index contributed by atoms with van der Waals surface area (Å²) in [6, 6.07) is 3.48. The Kier molecular flexibility index (Phi) is 4.33. The van der Waals surface area contributed by atoms with Crippen LogP contribution in [0.4, 0.5) is 0 Å². The molecular weight excluding hydrogens is 313 g/mol. The predicted octanol–water partition coefficient (Wildman–Crippen LogP) is 3.55. The summed E-state index contributed by atoms with van der Waals surface area (Å²) >= 11 is 12.2. The molecule has 1 aliphatic carbocycles. The summed E-state index contributed by atoms with van der Waals surface area (Å²) in [5, 5.41) is 8.05. The number of nitrogens with one attached hydrogen (secondary N) is 1. The Morgan fingerprint density at radius 3 is 2.90 bits per heavy atom. The predicted molar refractivity (Wildman–Crippen MR) is 79.8 cm³/mol. The van der Waals surface area contributed by atoms with Crippen LogP contribution in [0.25, 0.3) is 0 Å². The van der Waals surface area contributed by atoms with Gasteiger partial charge in [0.1, 0.15) is 5.75 Å². The van der Waals surface area contributed by atoms with E-state index in [9.17, 15) is 0 Å². The second-order valence-corrected chi connectivity index (χ2v) is 5.86. The number of benzene rings is 1. The second-order valence-electron chi connectivity index (χ2n) is 5.02. The maximum atomic E-state index is 6.20. The molecule has 1 N–H and O–H groups in total. The van der Waals surface area contributed by atoms with Gasteiger partial charge in [-0.15, -0.1) is 0 Å². The van der Waals surface area contributed by atoms with E-state index in [0.29, 0.717) is 34.1 Å². The van der Waals surface area contributed by atoms with Gasteiger partial charge < -0.3 is 14.6 Å². The van der Waals surface area contributed by atoms with Crippen molar-refractivity contribution < 1.29 is 9.26 Å². The lowest BCUT2D eigenvalue weighted by atomic mass is 10.2. The van der Waals surface area contributed by atoms with Gasteiger partial charge in [-0.1, -0.05) is 28.4 Å². The van der Waals surface area contributed by atoms with Crippen molar-refractivity contribution in [2.45, 2.75) is 31.9 Å². The molecule has 1 aromatic heterocycles. The van der Waals surface area contributed by atoms with Gasteiger partial charge in [-0.05, 0) is 32.0 Å². The van der Waals surface area contributed by atoms with Crippen LogP contribution in [0.5, 0.6) is 5.75 Å². The topological polar surface area (TPSA) is 60.2 Å². The van der Waals surface area contributed by atoms with Gasteiger partial charge in [-0.2, -0.15) is 4.98 Å². The molecule has 21 heavy (non-hydrogen) atoms. The van der Waals surface area contributed by atoms with E-state index in [1.165, 1.54) is 0 Å². The molecule has 0 radical (unpaired) electrons. The standard InChI is InChI=1S/C14H15Cl2N3O2/c1-17-6-9-4-10(15)5-11(16)13(9)20-7-12-18-14(19-21-12)8-2-3-8/h4-5,8,17H,2-3,6-7H2,1H3. The molecule has 1 aliphatic rings. The van der Waals surface area contributed by atoms with Crippen molar-refractivity contribution in [3.63, 3.8) is 0 Å². The zero-order chi connectivity index (χ0) is 14.8. The molecule has 1 aromatic carbocycles. The molecule has 1 heterocycles. The fourth-order valence-corrected chi connectivity index (χ4v) is 2.66. The summed E-state index contributed by atoms with van der Waals surface area (Å²) in [5.41, 5.74) is 0.886. The van der Waals surface area contributed by atoms with Crippen LogP contribution in [0, 0.1) is 0 Å². The van der Waals surface area contributed by atoms with Gasteiger partial charge in [0, 0.05) is 23.0 Å². The van der Waals surface area contributed by atoms with Crippen LogP contribution < -0.4 is 10.1 Å². The first-order valence-electron chi connectivity index (χ1n) is 6.75. The van der Waals surface area contributed by atoms with Gasteiger partial charge in [0.25, 0.3) is 5.89 Å². The van der Waals surface area contributed by atoms with E-state index in [4.69, 9.17) is 32.5 Å². The van der Waals surface area contributed by atoms with E-state index in [1.54, 1.807) is 6.07 Å². The number of halogens is 2. The Hall–Kier alpha value is -1.30. The lowest BCUT2D eigenvalue weighted by Crippen LogP contribution is -2.08. The van der Waals surface area contributed by atoms with Crippen LogP contribution >= 0.6 is 23.2 Å². The smallest absolute Gasteiger partial charge is 0.264 e. The molecule has 1 fully saturated rings. The Balaban J connectivity index is 1.73. The zero-order valence-electron chi connectivity index (χ0n) is 11.5. The first-order valence-corrected chi connectivity index (χ1v) is 7.50. The third-order valence-corrected chi connectivity index (χ3v) is 3.72.